The molecule has 1 aliphatic heterocycles. The summed E-state index contributed by atoms with van der Waals surface area (Å²) in [7, 11) is 0. The number of hydrogen-bond acceptors (Lipinski definition) is 4. The molecule has 0 N–H and O–H groups in total. The van der Waals surface area contributed by atoms with Crippen LogP contribution in [0, 0.1) is 12.7 Å². The number of aromatic nitrogens is 3. The number of rotatable bonds is 2. The summed E-state index contributed by atoms with van der Waals surface area (Å²) >= 11 is 0. The zero-order valence-electron chi connectivity index (χ0n) is 14.9. The van der Waals surface area contributed by atoms with Gasteiger partial charge in [0.25, 0.3) is 11.5 Å². The number of hydrogen-bond donors (Lipinski definition) is 0. The zero-order valence-corrected chi connectivity index (χ0v) is 14.9. The van der Waals surface area contributed by atoms with Gasteiger partial charge in [0.15, 0.2) is 0 Å². The van der Waals surface area contributed by atoms with Gasteiger partial charge in [-0.1, -0.05) is 22.9 Å². The highest BCUT2D eigenvalue weighted by atomic mass is 19.1. The molecule has 1 aliphatic rings. The normalized spacial score (nSPS) is 15.3. The van der Waals surface area contributed by atoms with Gasteiger partial charge in [-0.15, -0.1) is 5.10 Å². The topological polar surface area (TPSA) is 68.1 Å². The highest BCUT2D eigenvalue weighted by Crippen LogP contribution is 2.22. The van der Waals surface area contributed by atoms with Crippen LogP contribution in [0.25, 0.3) is 10.9 Å². The second kappa shape index (κ2) is 6.90. The number of likely N-dealkylation sites (tertiary alicyclic amines) is 1. The Morgan fingerprint density at radius 1 is 1.11 bits per heavy atom. The Balaban J connectivity index is 1.51. The van der Waals surface area contributed by atoms with Crippen LogP contribution in [0.2, 0.25) is 0 Å². The first-order chi connectivity index (χ1) is 13.0. The molecule has 0 radical (unpaired) electrons. The lowest BCUT2D eigenvalue weighted by atomic mass is 10.0. The van der Waals surface area contributed by atoms with Gasteiger partial charge in [0.2, 0.25) is 0 Å². The summed E-state index contributed by atoms with van der Waals surface area (Å²) in [6.45, 7) is 3.08. The van der Waals surface area contributed by atoms with Gasteiger partial charge in [0.05, 0.1) is 11.4 Å². The smallest absolute Gasteiger partial charge is 0.277 e. The number of carbonyl (C=O) groups is 1. The van der Waals surface area contributed by atoms with Crippen LogP contribution in [0.15, 0.2) is 47.3 Å². The van der Waals surface area contributed by atoms with Crippen molar-refractivity contribution in [1.29, 1.82) is 0 Å². The Kier molecular flexibility index (Phi) is 4.43. The minimum absolute atomic E-state index is 0.000804. The van der Waals surface area contributed by atoms with E-state index in [1.165, 1.54) is 22.9 Å². The van der Waals surface area contributed by atoms with E-state index in [9.17, 15) is 14.0 Å². The van der Waals surface area contributed by atoms with E-state index in [1.54, 1.807) is 4.90 Å². The molecule has 1 saturated heterocycles. The lowest BCUT2D eigenvalue weighted by Crippen LogP contribution is -2.41. The first kappa shape index (κ1) is 17.3. The lowest BCUT2D eigenvalue weighted by molar-refractivity contribution is 0.0687. The summed E-state index contributed by atoms with van der Waals surface area (Å²) in [6, 6.07) is 11.3. The number of carbonyl (C=O) groups excluding carboxylic acids is 1. The van der Waals surface area contributed by atoms with E-state index in [-0.39, 0.29) is 23.0 Å². The molecule has 6 nitrogen and oxygen atoms in total. The summed E-state index contributed by atoms with van der Waals surface area (Å²) in [6.07, 6.45) is 1.25. The van der Waals surface area contributed by atoms with Crippen molar-refractivity contribution >= 4 is 16.8 Å². The van der Waals surface area contributed by atoms with E-state index in [1.807, 2.05) is 31.2 Å². The fraction of sp³-hybridized carbons (Fsp3) is 0.300. The molecule has 3 aromatic rings. The SMILES string of the molecule is Cc1ccc(C(=O)N2CCC(n3nnc4cc(F)ccc4c3=O)CC2)cc1. The molecule has 138 valence electrons. The van der Waals surface area contributed by atoms with Crippen molar-refractivity contribution in [1.82, 2.24) is 19.9 Å². The quantitative estimate of drug-likeness (QED) is 0.699. The summed E-state index contributed by atoms with van der Waals surface area (Å²) in [4.78, 5) is 27.1. The molecule has 0 saturated carbocycles. The Hall–Kier alpha value is -3.09. The second-order valence-electron chi connectivity index (χ2n) is 6.89. The van der Waals surface area contributed by atoms with E-state index < -0.39 is 5.82 Å². The van der Waals surface area contributed by atoms with Crippen LogP contribution in [-0.2, 0) is 0 Å². The average molecular weight is 366 g/mol. The molecule has 1 amide bonds. The van der Waals surface area contributed by atoms with E-state index in [2.05, 4.69) is 10.3 Å². The number of fused-ring (bicyclic) bond motifs is 1. The predicted molar refractivity (Wildman–Crippen MR) is 99.1 cm³/mol. The lowest BCUT2D eigenvalue weighted by Gasteiger charge is -2.32. The van der Waals surface area contributed by atoms with E-state index in [0.29, 0.717) is 36.9 Å². The first-order valence-electron chi connectivity index (χ1n) is 8.93. The van der Waals surface area contributed by atoms with Crippen molar-refractivity contribution in [2.75, 3.05) is 13.1 Å². The van der Waals surface area contributed by atoms with Gasteiger partial charge in [0, 0.05) is 24.7 Å². The van der Waals surface area contributed by atoms with Gasteiger partial charge in [-0.3, -0.25) is 9.59 Å². The van der Waals surface area contributed by atoms with Crippen molar-refractivity contribution in [2.45, 2.75) is 25.8 Å². The number of piperidine rings is 1. The van der Waals surface area contributed by atoms with Crippen molar-refractivity contribution in [3.05, 3.63) is 69.8 Å². The third kappa shape index (κ3) is 3.32. The molecule has 0 bridgehead atoms. The summed E-state index contributed by atoms with van der Waals surface area (Å²) in [5, 5.41) is 8.32. The van der Waals surface area contributed by atoms with Crippen LogP contribution < -0.4 is 5.56 Å². The molecule has 0 spiro atoms. The molecule has 27 heavy (non-hydrogen) atoms. The summed E-state index contributed by atoms with van der Waals surface area (Å²) in [5.74, 6) is -0.447. The maximum Gasteiger partial charge on any atom is 0.277 e. The number of aryl methyl sites for hydroxylation is 1. The Labute approximate surface area is 155 Å². The minimum Gasteiger partial charge on any atom is -0.338 e. The fourth-order valence-electron chi connectivity index (χ4n) is 3.46. The standard InChI is InChI=1S/C20H19FN4O2/c1-13-2-4-14(5-3-13)19(26)24-10-8-16(9-11-24)25-20(27)17-7-6-15(21)12-18(17)22-23-25/h2-7,12,16H,8-11H2,1H3. The second-order valence-corrected chi connectivity index (χ2v) is 6.89. The molecular formula is C20H19FN4O2. The van der Waals surface area contributed by atoms with Crippen molar-refractivity contribution in [3.8, 4) is 0 Å². The molecule has 0 unspecified atom stereocenters. The molecular weight excluding hydrogens is 347 g/mol. The van der Waals surface area contributed by atoms with E-state index in [0.717, 1.165) is 5.56 Å². The van der Waals surface area contributed by atoms with Crippen LogP contribution in [0.1, 0.15) is 34.8 Å². The van der Waals surface area contributed by atoms with E-state index in [4.69, 9.17) is 0 Å². The Morgan fingerprint density at radius 3 is 2.52 bits per heavy atom. The van der Waals surface area contributed by atoms with Crippen molar-refractivity contribution < 1.29 is 9.18 Å². The predicted octanol–water partition coefficient (Wildman–Crippen LogP) is 2.72. The fourth-order valence-corrected chi connectivity index (χ4v) is 3.46. The minimum atomic E-state index is -0.447. The third-order valence-electron chi connectivity index (χ3n) is 5.04. The summed E-state index contributed by atoms with van der Waals surface area (Å²) < 4.78 is 14.7. The monoisotopic (exact) mass is 366 g/mol. The highest BCUT2D eigenvalue weighted by molar-refractivity contribution is 5.94. The molecule has 2 aromatic carbocycles. The maximum absolute atomic E-state index is 13.3. The van der Waals surface area contributed by atoms with Gasteiger partial charge in [-0.2, -0.15) is 0 Å². The van der Waals surface area contributed by atoms with Crippen LogP contribution in [0.3, 0.4) is 0 Å². The van der Waals surface area contributed by atoms with E-state index >= 15 is 0 Å². The third-order valence-corrected chi connectivity index (χ3v) is 5.04. The number of nitrogens with zero attached hydrogens (tertiary/aromatic N) is 4. The average Bonchev–Trinajstić information content (AvgIpc) is 2.68. The largest absolute Gasteiger partial charge is 0.338 e. The number of benzene rings is 2. The zero-order chi connectivity index (χ0) is 19.0. The number of halogens is 1. The molecule has 0 atom stereocenters. The van der Waals surface area contributed by atoms with Crippen LogP contribution in [0.4, 0.5) is 4.39 Å². The van der Waals surface area contributed by atoms with Crippen molar-refractivity contribution in [3.63, 3.8) is 0 Å². The Morgan fingerprint density at radius 2 is 1.81 bits per heavy atom. The first-order valence-corrected chi connectivity index (χ1v) is 8.93. The molecule has 0 aliphatic carbocycles. The number of amides is 1. The van der Waals surface area contributed by atoms with Crippen LogP contribution in [0.5, 0.6) is 0 Å². The molecule has 4 rings (SSSR count). The van der Waals surface area contributed by atoms with Gasteiger partial charge < -0.3 is 4.90 Å². The van der Waals surface area contributed by atoms with Crippen LogP contribution >= 0.6 is 0 Å². The summed E-state index contributed by atoms with van der Waals surface area (Å²) in [5.41, 5.74) is 1.76. The van der Waals surface area contributed by atoms with Gasteiger partial charge in [-0.25, -0.2) is 9.07 Å². The highest BCUT2D eigenvalue weighted by Gasteiger charge is 2.26. The molecule has 7 heteroatoms. The van der Waals surface area contributed by atoms with Gasteiger partial charge >= 0.3 is 0 Å². The van der Waals surface area contributed by atoms with Crippen molar-refractivity contribution in [2.24, 2.45) is 0 Å². The molecule has 1 aromatic heterocycles. The molecule has 1 fully saturated rings. The maximum atomic E-state index is 13.3. The van der Waals surface area contributed by atoms with Gasteiger partial charge in [0.1, 0.15) is 11.3 Å². The van der Waals surface area contributed by atoms with Gasteiger partial charge in [-0.05, 0) is 44.0 Å². The van der Waals surface area contributed by atoms with Crippen LogP contribution in [-0.4, -0.2) is 38.9 Å². The Bertz CT molecular complexity index is 1050. The molecule has 2 heterocycles.